The number of halogens is 1. The molecule has 0 unspecified atom stereocenters. The summed E-state index contributed by atoms with van der Waals surface area (Å²) in [5, 5.41) is 12.0. The van der Waals surface area contributed by atoms with Crippen LogP contribution in [0.4, 0.5) is 5.69 Å². The van der Waals surface area contributed by atoms with Crippen molar-refractivity contribution in [2.45, 2.75) is 12.8 Å². The van der Waals surface area contributed by atoms with Gasteiger partial charge < -0.3 is 16.0 Å². The van der Waals surface area contributed by atoms with E-state index in [1.54, 1.807) is 23.6 Å². The zero-order valence-electron chi connectivity index (χ0n) is 13.6. The van der Waals surface area contributed by atoms with Crippen LogP contribution in [0.3, 0.4) is 0 Å². The minimum Gasteiger partial charge on any atom is -0.355 e. The summed E-state index contributed by atoms with van der Waals surface area (Å²) in [5.41, 5.74) is 1.32. The molecule has 6 nitrogen and oxygen atoms in total. The first kappa shape index (κ1) is 19.0. The van der Waals surface area contributed by atoms with Crippen LogP contribution in [0.1, 0.15) is 33.6 Å². The van der Waals surface area contributed by atoms with Crippen molar-refractivity contribution in [1.29, 1.82) is 0 Å². The number of nitrogens with one attached hydrogen (secondary N) is 3. The molecule has 25 heavy (non-hydrogen) atoms. The Balaban J connectivity index is 1.82. The minimum atomic E-state index is -0.333. The molecule has 0 saturated heterocycles. The normalized spacial score (nSPS) is 10.2. The highest BCUT2D eigenvalue weighted by Gasteiger charge is 2.13. The summed E-state index contributed by atoms with van der Waals surface area (Å²) in [6, 6.07) is 6.43. The van der Waals surface area contributed by atoms with Gasteiger partial charge in [-0.15, -0.1) is 0 Å². The molecule has 0 aliphatic rings. The Kier molecular flexibility index (Phi) is 6.97. The van der Waals surface area contributed by atoms with Crippen molar-refractivity contribution in [3.63, 3.8) is 0 Å². The molecule has 3 N–H and O–H groups in total. The molecule has 1 aromatic heterocycles. The maximum Gasteiger partial charge on any atom is 0.253 e. The van der Waals surface area contributed by atoms with Gasteiger partial charge in [-0.25, -0.2) is 0 Å². The lowest BCUT2D eigenvalue weighted by Gasteiger charge is -2.11. The SMILES string of the molecule is CNC(=O)c1cc(Cl)ccc1NC(=O)CCCNC(=O)c1ccsc1. The number of rotatable bonds is 7. The van der Waals surface area contributed by atoms with Gasteiger partial charge in [-0.1, -0.05) is 11.6 Å². The second kappa shape index (κ2) is 9.19. The molecular weight excluding hydrogens is 362 g/mol. The third-order valence-corrected chi connectivity index (χ3v) is 4.30. The number of carbonyl (C=O) groups is 3. The molecular formula is C17H18ClN3O3S. The zero-order valence-corrected chi connectivity index (χ0v) is 15.2. The molecule has 0 radical (unpaired) electrons. The summed E-state index contributed by atoms with van der Waals surface area (Å²) in [4.78, 5) is 35.7. The van der Waals surface area contributed by atoms with Gasteiger partial charge in [-0.05, 0) is 36.1 Å². The molecule has 132 valence electrons. The fourth-order valence-electron chi connectivity index (χ4n) is 2.11. The van der Waals surface area contributed by atoms with Crippen molar-refractivity contribution < 1.29 is 14.4 Å². The molecule has 2 rings (SSSR count). The molecule has 2 aromatic rings. The summed E-state index contributed by atoms with van der Waals surface area (Å²) in [5.74, 6) is -0.723. The van der Waals surface area contributed by atoms with E-state index in [9.17, 15) is 14.4 Å². The summed E-state index contributed by atoms with van der Waals surface area (Å²) >= 11 is 7.35. The number of hydrogen-bond acceptors (Lipinski definition) is 4. The Morgan fingerprint density at radius 1 is 1.16 bits per heavy atom. The van der Waals surface area contributed by atoms with Crippen molar-refractivity contribution >= 4 is 46.3 Å². The maximum atomic E-state index is 12.0. The first-order chi connectivity index (χ1) is 12.0. The third-order valence-electron chi connectivity index (χ3n) is 3.38. The fraction of sp³-hybridized carbons (Fsp3) is 0.235. The quantitative estimate of drug-likeness (QED) is 0.646. The maximum absolute atomic E-state index is 12.0. The fourth-order valence-corrected chi connectivity index (χ4v) is 2.92. The lowest BCUT2D eigenvalue weighted by molar-refractivity contribution is -0.116. The van der Waals surface area contributed by atoms with Gasteiger partial charge in [0.25, 0.3) is 11.8 Å². The van der Waals surface area contributed by atoms with Crippen molar-refractivity contribution in [1.82, 2.24) is 10.6 Å². The lowest BCUT2D eigenvalue weighted by Crippen LogP contribution is -2.25. The molecule has 1 heterocycles. The summed E-state index contributed by atoms with van der Waals surface area (Å²) in [6.45, 7) is 0.394. The molecule has 0 aliphatic heterocycles. The Labute approximate surface area is 154 Å². The highest BCUT2D eigenvalue weighted by atomic mass is 35.5. The first-order valence-corrected chi connectivity index (χ1v) is 8.95. The zero-order chi connectivity index (χ0) is 18.2. The molecule has 1 aromatic carbocycles. The summed E-state index contributed by atoms with van der Waals surface area (Å²) in [7, 11) is 1.50. The van der Waals surface area contributed by atoms with Gasteiger partial charge in [-0.3, -0.25) is 14.4 Å². The molecule has 0 saturated carbocycles. The van der Waals surface area contributed by atoms with Gasteiger partial charge in [0, 0.05) is 36.0 Å². The number of thiophene rings is 1. The molecule has 3 amide bonds. The van der Waals surface area contributed by atoms with Crippen molar-refractivity contribution in [2.24, 2.45) is 0 Å². The number of benzene rings is 1. The van der Waals surface area contributed by atoms with Gasteiger partial charge in [0.2, 0.25) is 5.91 Å². The smallest absolute Gasteiger partial charge is 0.253 e. The minimum absolute atomic E-state index is 0.152. The summed E-state index contributed by atoms with van der Waals surface area (Å²) in [6.07, 6.45) is 0.713. The number of anilines is 1. The highest BCUT2D eigenvalue weighted by molar-refractivity contribution is 7.08. The van der Waals surface area contributed by atoms with Crippen LogP contribution in [0.5, 0.6) is 0 Å². The molecule has 0 spiro atoms. The average molecular weight is 380 g/mol. The van der Waals surface area contributed by atoms with Gasteiger partial charge in [-0.2, -0.15) is 11.3 Å². The van der Waals surface area contributed by atoms with E-state index >= 15 is 0 Å². The standard InChI is InChI=1S/C17H18ClN3O3S/c1-19-17(24)13-9-12(18)4-5-14(13)21-15(22)3-2-7-20-16(23)11-6-8-25-10-11/h4-6,8-10H,2-3,7H2,1H3,(H,19,24)(H,20,23)(H,21,22). The van der Waals surface area contributed by atoms with Crippen LogP contribution in [0.2, 0.25) is 5.02 Å². The van der Waals surface area contributed by atoms with Crippen LogP contribution in [-0.2, 0) is 4.79 Å². The molecule has 8 heteroatoms. The second-order valence-electron chi connectivity index (χ2n) is 5.19. The number of hydrogen-bond donors (Lipinski definition) is 3. The van der Waals surface area contributed by atoms with Crippen LogP contribution in [-0.4, -0.2) is 31.3 Å². The molecule has 0 fully saturated rings. The number of amides is 3. The van der Waals surface area contributed by atoms with Gasteiger partial charge in [0.1, 0.15) is 0 Å². The van der Waals surface area contributed by atoms with Crippen LogP contribution in [0.25, 0.3) is 0 Å². The Morgan fingerprint density at radius 2 is 1.96 bits per heavy atom. The Bertz CT molecular complexity index is 763. The van der Waals surface area contributed by atoms with Gasteiger partial charge >= 0.3 is 0 Å². The van der Waals surface area contributed by atoms with Crippen LogP contribution in [0.15, 0.2) is 35.0 Å². The Hall–Kier alpha value is -2.38. The first-order valence-electron chi connectivity index (χ1n) is 7.63. The van der Waals surface area contributed by atoms with E-state index in [2.05, 4.69) is 16.0 Å². The van der Waals surface area contributed by atoms with Gasteiger partial charge in [0.15, 0.2) is 0 Å². The van der Waals surface area contributed by atoms with E-state index in [-0.39, 0.29) is 24.1 Å². The van der Waals surface area contributed by atoms with E-state index in [1.807, 2.05) is 5.38 Å². The highest BCUT2D eigenvalue weighted by Crippen LogP contribution is 2.21. The third kappa shape index (κ3) is 5.58. The number of carbonyl (C=O) groups excluding carboxylic acids is 3. The predicted octanol–water partition coefficient (Wildman–Crippen LogP) is 2.91. The average Bonchev–Trinajstić information content (AvgIpc) is 3.14. The predicted molar refractivity (Wildman–Crippen MR) is 99.4 cm³/mol. The molecule has 0 bridgehead atoms. The monoisotopic (exact) mass is 379 g/mol. The summed E-state index contributed by atoms with van der Waals surface area (Å²) < 4.78 is 0. The second-order valence-corrected chi connectivity index (χ2v) is 6.41. The van der Waals surface area contributed by atoms with Gasteiger partial charge in [0.05, 0.1) is 11.3 Å². The van der Waals surface area contributed by atoms with Crippen molar-refractivity contribution in [3.05, 3.63) is 51.2 Å². The van der Waals surface area contributed by atoms with Crippen molar-refractivity contribution in [2.75, 3.05) is 18.9 Å². The van der Waals surface area contributed by atoms with E-state index in [4.69, 9.17) is 11.6 Å². The largest absolute Gasteiger partial charge is 0.355 e. The van der Waals surface area contributed by atoms with E-state index in [0.29, 0.717) is 34.8 Å². The van der Waals surface area contributed by atoms with E-state index < -0.39 is 0 Å². The van der Waals surface area contributed by atoms with Crippen LogP contribution < -0.4 is 16.0 Å². The topological polar surface area (TPSA) is 87.3 Å². The Morgan fingerprint density at radius 3 is 2.64 bits per heavy atom. The van der Waals surface area contributed by atoms with Crippen LogP contribution in [0, 0.1) is 0 Å². The van der Waals surface area contributed by atoms with E-state index in [0.717, 1.165) is 0 Å². The van der Waals surface area contributed by atoms with E-state index in [1.165, 1.54) is 24.5 Å². The van der Waals surface area contributed by atoms with Crippen LogP contribution >= 0.6 is 22.9 Å². The van der Waals surface area contributed by atoms with Crippen molar-refractivity contribution in [3.8, 4) is 0 Å². The molecule has 0 aliphatic carbocycles. The molecule has 0 atom stereocenters. The lowest BCUT2D eigenvalue weighted by atomic mass is 10.1.